The number of nitrogens with zero attached hydrogens (tertiary/aromatic N) is 2. The molecule has 0 saturated carbocycles. The summed E-state index contributed by atoms with van der Waals surface area (Å²) < 4.78 is 9.36. The third-order valence-electron chi connectivity index (χ3n) is 6.10. The summed E-state index contributed by atoms with van der Waals surface area (Å²) in [4.78, 5) is 17.7. The Morgan fingerprint density at radius 2 is 1.80 bits per heavy atom. The van der Waals surface area contributed by atoms with Crippen molar-refractivity contribution in [3.8, 4) is 5.75 Å². The molecule has 1 aromatic heterocycles. The van der Waals surface area contributed by atoms with Crippen LogP contribution < -0.4 is 10.1 Å². The molecule has 0 saturated heterocycles. The first-order valence-corrected chi connectivity index (χ1v) is 12.9. The lowest BCUT2D eigenvalue weighted by Crippen LogP contribution is -2.28. The fraction of sp³-hybridized carbons (Fsp3) is 0.310. The van der Waals surface area contributed by atoms with E-state index >= 15 is 0 Å². The molecule has 1 heterocycles. The smallest absolute Gasteiger partial charge is 0.251 e. The van der Waals surface area contributed by atoms with Gasteiger partial charge in [-0.05, 0) is 79.8 Å². The molecule has 0 bridgehead atoms. The largest absolute Gasteiger partial charge is 0.493 e. The Kier molecular flexibility index (Phi) is 7.91. The number of nitrogens with one attached hydrogen (secondary N) is 1. The van der Waals surface area contributed by atoms with E-state index in [4.69, 9.17) is 9.72 Å². The maximum absolute atomic E-state index is 12.8. The second-order valence-electron chi connectivity index (χ2n) is 9.21. The molecule has 3 aromatic carbocycles. The summed E-state index contributed by atoms with van der Waals surface area (Å²) in [6.07, 6.45) is 0.826. The van der Waals surface area contributed by atoms with E-state index in [1.54, 1.807) is 0 Å². The minimum absolute atomic E-state index is 0.118. The van der Waals surface area contributed by atoms with Gasteiger partial charge in [0.05, 0.1) is 23.7 Å². The number of carbonyl (C=O) groups excluding carboxylic acids is 1. The highest BCUT2D eigenvalue weighted by Gasteiger charge is 2.19. The minimum Gasteiger partial charge on any atom is -0.493 e. The summed E-state index contributed by atoms with van der Waals surface area (Å²) >= 11 is 3.42. The lowest BCUT2D eigenvalue weighted by Gasteiger charge is -2.18. The number of para-hydroxylation sites is 2. The van der Waals surface area contributed by atoms with Gasteiger partial charge >= 0.3 is 0 Å². The zero-order valence-corrected chi connectivity index (χ0v) is 22.3. The third-order valence-corrected chi connectivity index (χ3v) is 6.63. The highest BCUT2D eigenvalue weighted by molar-refractivity contribution is 9.10. The predicted molar refractivity (Wildman–Crippen MR) is 145 cm³/mol. The van der Waals surface area contributed by atoms with Gasteiger partial charge in [0.25, 0.3) is 5.91 Å². The topological polar surface area (TPSA) is 56.1 Å². The van der Waals surface area contributed by atoms with Crippen molar-refractivity contribution in [1.29, 1.82) is 0 Å². The van der Waals surface area contributed by atoms with E-state index in [9.17, 15) is 4.79 Å². The molecule has 0 radical (unpaired) electrons. The van der Waals surface area contributed by atoms with Gasteiger partial charge in [-0.1, -0.05) is 54.0 Å². The van der Waals surface area contributed by atoms with Crippen LogP contribution in [0.15, 0.2) is 71.2 Å². The lowest BCUT2D eigenvalue weighted by atomic mass is 10.0. The molecule has 35 heavy (non-hydrogen) atoms. The van der Waals surface area contributed by atoms with Crippen LogP contribution in [0.1, 0.15) is 66.5 Å². The van der Waals surface area contributed by atoms with Gasteiger partial charge in [0, 0.05) is 16.6 Å². The SMILES string of the molecule is Cc1ccc(C(C)C)c(OCCCn2c(C(C)NC(=O)c3ccc(Br)cc3)nc3ccccc32)c1. The molecule has 0 aliphatic heterocycles. The van der Waals surface area contributed by atoms with Crippen LogP contribution in [0, 0.1) is 6.92 Å². The van der Waals surface area contributed by atoms with Crippen LogP contribution in [-0.4, -0.2) is 22.1 Å². The highest BCUT2D eigenvalue weighted by Crippen LogP contribution is 2.28. The van der Waals surface area contributed by atoms with E-state index in [0.717, 1.165) is 40.0 Å². The molecule has 0 aliphatic rings. The number of fused-ring (bicyclic) bond motifs is 1. The standard InChI is InChI=1S/C29H32BrN3O2/c1-19(2)24-15-10-20(3)18-27(24)35-17-7-16-33-26-9-6-5-8-25(26)32-28(33)21(4)31-29(34)22-11-13-23(30)14-12-22/h5-6,8-15,18-19,21H,7,16-17H2,1-4H3,(H,31,34). The second kappa shape index (κ2) is 11.1. The van der Waals surface area contributed by atoms with Crippen LogP contribution in [0.3, 0.4) is 0 Å². The van der Waals surface area contributed by atoms with E-state index in [1.807, 2.05) is 49.4 Å². The first-order chi connectivity index (χ1) is 16.8. The number of carbonyl (C=O) groups is 1. The normalized spacial score (nSPS) is 12.2. The molecule has 0 aliphatic carbocycles. The molecule has 1 amide bonds. The zero-order chi connectivity index (χ0) is 24.9. The summed E-state index contributed by atoms with van der Waals surface area (Å²) in [6.45, 7) is 9.79. The van der Waals surface area contributed by atoms with Gasteiger partial charge in [0.2, 0.25) is 0 Å². The van der Waals surface area contributed by atoms with Gasteiger partial charge in [0.15, 0.2) is 0 Å². The maximum Gasteiger partial charge on any atom is 0.251 e. The predicted octanol–water partition coefficient (Wildman–Crippen LogP) is 7.19. The van der Waals surface area contributed by atoms with E-state index in [1.165, 1.54) is 11.1 Å². The van der Waals surface area contributed by atoms with E-state index in [-0.39, 0.29) is 11.9 Å². The first-order valence-electron chi connectivity index (χ1n) is 12.1. The molecule has 182 valence electrons. The zero-order valence-electron chi connectivity index (χ0n) is 20.7. The number of hydrogen-bond acceptors (Lipinski definition) is 3. The maximum atomic E-state index is 12.8. The number of hydrogen-bond donors (Lipinski definition) is 1. The third kappa shape index (κ3) is 5.93. The Morgan fingerprint density at radius 1 is 1.06 bits per heavy atom. The highest BCUT2D eigenvalue weighted by atomic mass is 79.9. The van der Waals surface area contributed by atoms with Crippen molar-refractivity contribution in [2.45, 2.75) is 52.6 Å². The Morgan fingerprint density at radius 3 is 2.54 bits per heavy atom. The number of aromatic nitrogens is 2. The molecule has 1 N–H and O–H groups in total. The number of aryl methyl sites for hydroxylation is 2. The molecule has 6 heteroatoms. The van der Waals surface area contributed by atoms with Crippen LogP contribution in [0.25, 0.3) is 11.0 Å². The first kappa shape index (κ1) is 25.0. The molecule has 4 aromatic rings. The molecule has 5 nitrogen and oxygen atoms in total. The molecule has 1 unspecified atom stereocenters. The van der Waals surface area contributed by atoms with Crippen LogP contribution >= 0.6 is 15.9 Å². The van der Waals surface area contributed by atoms with Crippen LogP contribution in [0.4, 0.5) is 0 Å². The van der Waals surface area contributed by atoms with Crippen molar-refractivity contribution >= 4 is 32.9 Å². The Hall–Kier alpha value is -3.12. The fourth-order valence-corrected chi connectivity index (χ4v) is 4.52. The van der Waals surface area contributed by atoms with Gasteiger partial charge in [-0.25, -0.2) is 4.98 Å². The fourth-order valence-electron chi connectivity index (χ4n) is 4.25. The Bertz CT molecular complexity index is 1310. The number of amides is 1. The van der Waals surface area contributed by atoms with Crippen LogP contribution in [0.2, 0.25) is 0 Å². The van der Waals surface area contributed by atoms with Crippen molar-refractivity contribution < 1.29 is 9.53 Å². The van der Waals surface area contributed by atoms with Gasteiger partial charge in [-0.2, -0.15) is 0 Å². The van der Waals surface area contributed by atoms with E-state index < -0.39 is 0 Å². The monoisotopic (exact) mass is 533 g/mol. The molecular formula is C29H32BrN3O2. The average molecular weight is 534 g/mol. The minimum atomic E-state index is -0.246. The van der Waals surface area contributed by atoms with Crippen molar-refractivity contribution in [3.63, 3.8) is 0 Å². The van der Waals surface area contributed by atoms with Crippen molar-refractivity contribution in [2.75, 3.05) is 6.61 Å². The summed E-state index contributed by atoms with van der Waals surface area (Å²) in [5.41, 5.74) is 5.03. The van der Waals surface area contributed by atoms with Gasteiger partial charge in [-0.3, -0.25) is 4.79 Å². The molecule has 1 atom stereocenters. The second-order valence-corrected chi connectivity index (χ2v) is 10.1. The summed E-state index contributed by atoms with van der Waals surface area (Å²) in [5, 5.41) is 3.11. The molecule has 4 rings (SSSR count). The Balaban J connectivity index is 1.48. The van der Waals surface area contributed by atoms with E-state index in [2.05, 4.69) is 70.9 Å². The van der Waals surface area contributed by atoms with Crippen molar-refractivity contribution in [3.05, 3.63) is 93.7 Å². The molecule has 0 spiro atoms. The summed E-state index contributed by atoms with van der Waals surface area (Å²) in [6, 6.07) is 21.6. The quantitative estimate of drug-likeness (QED) is 0.231. The van der Waals surface area contributed by atoms with E-state index in [0.29, 0.717) is 18.1 Å². The van der Waals surface area contributed by atoms with Gasteiger partial charge in [0.1, 0.15) is 11.6 Å². The number of benzene rings is 3. The van der Waals surface area contributed by atoms with Crippen LogP contribution in [-0.2, 0) is 6.54 Å². The average Bonchev–Trinajstić information content (AvgIpc) is 3.21. The molecular weight excluding hydrogens is 502 g/mol. The Labute approximate surface area is 215 Å². The summed E-state index contributed by atoms with van der Waals surface area (Å²) in [5.74, 6) is 2.10. The lowest BCUT2D eigenvalue weighted by molar-refractivity contribution is 0.0937. The summed E-state index contributed by atoms with van der Waals surface area (Å²) in [7, 11) is 0. The van der Waals surface area contributed by atoms with Gasteiger partial charge in [-0.15, -0.1) is 0 Å². The van der Waals surface area contributed by atoms with Gasteiger partial charge < -0.3 is 14.6 Å². The van der Waals surface area contributed by atoms with Crippen molar-refractivity contribution in [1.82, 2.24) is 14.9 Å². The van der Waals surface area contributed by atoms with Crippen LogP contribution in [0.5, 0.6) is 5.75 Å². The number of halogens is 1. The number of ether oxygens (including phenoxy) is 1. The number of imidazole rings is 1. The van der Waals surface area contributed by atoms with Crippen molar-refractivity contribution in [2.24, 2.45) is 0 Å². The number of rotatable bonds is 9. The molecule has 0 fully saturated rings.